The van der Waals surface area contributed by atoms with Crippen molar-refractivity contribution in [3.8, 4) is 0 Å². The molecule has 0 amide bonds. The van der Waals surface area contributed by atoms with Gasteiger partial charge in [0.25, 0.3) is 0 Å². The average Bonchev–Trinajstić information content (AvgIpc) is 2.58. The molecular weight excluding hydrogens is 202 g/mol. The van der Waals surface area contributed by atoms with E-state index in [1.165, 1.54) is 0 Å². The highest BCUT2D eigenvalue weighted by Gasteiger charge is 2.34. The molecule has 16 heavy (non-hydrogen) atoms. The normalized spacial score (nSPS) is 36.8. The third-order valence-corrected chi connectivity index (χ3v) is 4.14. The van der Waals surface area contributed by atoms with Gasteiger partial charge in [-0.3, -0.25) is 9.80 Å². The van der Waals surface area contributed by atoms with Gasteiger partial charge in [0.15, 0.2) is 0 Å². The van der Waals surface area contributed by atoms with Gasteiger partial charge in [-0.2, -0.15) is 0 Å². The largest absolute Gasteiger partial charge is 0.379 e. The lowest BCUT2D eigenvalue weighted by atomic mass is 9.97. The zero-order valence-electron chi connectivity index (χ0n) is 10.8. The number of rotatable bonds is 2. The summed E-state index contributed by atoms with van der Waals surface area (Å²) in [6.45, 7) is 10.7. The van der Waals surface area contributed by atoms with Crippen molar-refractivity contribution >= 4 is 0 Å². The first-order valence-electron chi connectivity index (χ1n) is 6.26. The van der Waals surface area contributed by atoms with Gasteiger partial charge in [-0.25, -0.2) is 0 Å². The van der Waals surface area contributed by atoms with Crippen molar-refractivity contribution in [2.24, 2.45) is 11.7 Å². The summed E-state index contributed by atoms with van der Waals surface area (Å²) >= 11 is 0. The molecule has 0 aromatic heterocycles. The van der Waals surface area contributed by atoms with Crippen LogP contribution in [0.15, 0.2) is 0 Å². The van der Waals surface area contributed by atoms with Crippen molar-refractivity contribution in [3.63, 3.8) is 0 Å². The first-order valence-corrected chi connectivity index (χ1v) is 6.26. The van der Waals surface area contributed by atoms with E-state index in [0.717, 1.165) is 39.4 Å². The highest BCUT2D eigenvalue weighted by atomic mass is 16.5. The standard InChI is InChI=1S/C12H25N3O/c1-12(2)9-15(5-4-14(12)3)6-10-7-16-8-11(10)13/h10-11H,4-9,13H2,1-3H3. The molecule has 2 heterocycles. The fourth-order valence-corrected chi connectivity index (χ4v) is 2.63. The van der Waals surface area contributed by atoms with Crippen LogP contribution >= 0.6 is 0 Å². The Balaban J connectivity index is 1.87. The zero-order chi connectivity index (χ0) is 11.8. The lowest BCUT2D eigenvalue weighted by Gasteiger charge is -2.46. The lowest BCUT2D eigenvalue weighted by Crippen LogP contribution is -2.58. The Morgan fingerprint density at radius 2 is 2.06 bits per heavy atom. The summed E-state index contributed by atoms with van der Waals surface area (Å²) in [5, 5.41) is 0. The average molecular weight is 227 g/mol. The Labute approximate surface area is 98.7 Å². The predicted molar refractivity (Wildman–Crippen MR) is 65.4 cm³/mol. The molecular formula is C12H25N3O. The maximum atomic E-state index is 6.03. The second-order valence-electron chi connectivity index (χ2n) is 5.93. The third kappa shape index (κ3) is 2.56. The Kier molecular flexibility index (Phi) is 3.54. The van der Waals surface area contributed by atoms with E-state index in [4.69, 9.17) is 10.5 Å². The molecule has 0 aromatic carbocycles. The molecule has 0 spiro atoms. The van der Waals surface area contributed by atoms with Crippen LogP contribution in [0, 0.1) is 5.92 Å². The van der Waals surface area contributed by atoms with Gasteiger partial charge >= 0.3 is 0 Å². The molecule has 2 rings (SSSR count). The summed E-state index contributed by atoms with van der Waals surface area (Å²) < 4.78 is 5.42. The number of nitrogens with zero attached hydrogens (tertiary/aromatic N) is 2. The molecule has 94 valence electrons. The summed E-state index contributed by atoms with van der Waals surface area (Å²) in [5.41, 5.74) is 6.31. The van der Waals surface area contributed by atoms with Gasteiger partial charge < -0.3 is 10.5 Å². The highest BCUT2D eigenvalue weighted by molar-refractivity contribution is 4.90. The van der Waals surface area contributed by atoms with E-state index < -0.39 is 0 Å². The topological polar surface area (TPSA) is 41.7 Å². The number of likely N-dealkylation sites (N-methyl/N-ethyl adjacent to an activating group) is 1. The fourth-order valence-electron chi connectivity index (χ4n) is 2.63. The number of nitrogens with two attached hydrogens (primary N) is 1. The molecule has 0 radical (unpaired) electrons. The van der Waals surface area contributed by atoms with Crippen molar-refractivity contribution in [2.45, 2.75) is 25.4 Å². The monoisotopic (exact) mass is 227 g/mol. The van der Waals surface area contributed by atoms with Gasteiger partial charge in [0.2, 0.25) is 0 Å². The molecule has 0 aromatic rings. The Morgan fingerprint density at radius 1 is 1.31 bits per heavy atom. The van der Waals surface area contributed by atoms with Crippen LogP contribution in [-0.2, 0) is 4.74 Å². The summed E-state index contributed by atoms with van der Waals surface area (Å²) in [7, 11) is 2.21. The number of piperazine rings is 1. The molecule has 2 atom stereocenters. The van der Waals surface area contributed by atoms with Gasteiger partial charge in [0, 0.05) is 43.7 Å². The Bertz CT molecular complexity index is 244. The minimum absolute atomic E-state index is 0.239. The third-order valence-electron chi connectivity index (χ3n) is 4.14. The van der Waals surface area contributed by atoms with Crippen molar-refractivity contribution in [2.75, 3.05) is 46.4 Å². The molecule has 2 unspecified atom stereocenters. The van der Waals surface area contributed by atoms with Crippen LogP contribution in [0.5, 0.6) is 0 Å². The Morgan fingerprint density at radius 3 is 2.62 bits per heavy atom. The van der Waals surface area contributed by atoms with Crippen LogP contribution in [0.1, 0.15) is 13.8 Å². The van der Waals surface area contributed by atoms with Crippen LogP contribution in [0.4, 0.5) is 0 Å². The molecule has 0 bridgehead atoms. The summed E-state index contributed by atoms with van der Waals surface area (Å²) in [6, 6.07) is 0.239. The molecule has 2 N–H and O–H groups in total. The molecule has 0 aliphatic carbocycles. The summed E-state index contributed by atoms with van der Waals surface area (Å²) in [5.74, 6) is 0.527. The van der Waals surface area contributed by atoms with Gasteiger partial charge in [-0.1, -0.05) is 0 Å². The molecule has 4 heteroatoms. The van der Waals surface area contributed by atoms with E-state index in [0.29, 0.717) is 5.92 Å². The van der Waals surface area contributed by atoms with E-state index in [1.54, 1.807) is 0 Å². The van der Waals surface area contributed by atoms with Gasteiger partial charge in [0.1, 0.15) is 0 Å². The van der Waals surface area contributed by atoms with Gasteiger partial charge in [-0.05, 0) is 20.9 Å². The SMILES string of the molecule is CN1CCN(CC2COCC2N)CC1(C)C. The number of ether oxygens (including phenoxy) is 1. The van der Waals surface area contributed by atoms with E-state index in [9.17, 15) is 0 Å². The smallest absolute Gasteiger partial charge is 0.0621 e. The molecule has 2 aliphatic rings. The minimum atomic E-state index is 0.239. The van der Waals surface area contributed by atoms with E-state index in [2.05, 4.69) is 30.7 Å². The van der Waals surface area contributed by atoms with Crippen LogP contribution < -0.4 is 5.73 Å². The lowest BCUT2D eigenvalue weighted by molar-refractivity contribution is 0.0302. The first kappa shape index (κ1) is 12.3. The predicted octanol–water partition coefficient (Wildman–Crippen LogP) is -0.0139. The number of hydrogen-bond donors (Lipinski definition) is 1. The van der Waals surface area contributed by atoms with Crippen molar-refractivity contribution in [1.29, 1.82) is 0 Å². The minimum Gasteiger partial charge on any atom is -0.379 e. The van der Waals surface area contributed by atoms with Crippen molar-refractivity contribution in [1.82, 2.24) is 9.80 Å². The van der Waals surface area contributed by atoms with E-state index in [-0.39, 0.29) is 11.6 Å². The quantitative estimate of drug-likeness (QED) is 0.720. The van der Waals surface area contributed by atoms with E-state index >= 15 is 0 Å². The molecule has 2 saturated heterocycles. The summed E-state index contributed by atoms with van der Waals surface area (Å²) in [6.07, 6.45) is 0. The molecule has 0 saturated carbocycles. The van der Waals surface area contributed by atoms with Crippen LogP contribution in [0.3, 0.4) is 0 Å². The maximum Gasteiger partial charge on any atom is 0.0621 e. The van der Waals surface area contributed by atoms with Crippen molar-refractivity contribution in [3.05, 3.63) is 0 Å². The van der Waals surface area contributed by atoms with Crippen LogP contribution in [0.25, 0.3) is 0 Å². The second kappa shape index (κ2) is 4.61. The Hall–Kier alpha value is -0.160. The maximum absolute atomic E-state index is 6.03. The second-order valence-corrected chi connectivity index (χ2v) is 5.93. The van der Waals surface area contributed by atoms with Gasteiger partial charge in [-0.15, -0.1) is 0 Å². The molecule has 4 nitrogen and oxygen atoms in total. The fraction of sp³-hybridized carbons (Fsp3) is 1.00. The molecule has 2 fully saturated rings. The summed E-state index contributed by atoms with van der Waals surface area (Å²) in [4.78, 5) is 4.98. The molecule has 2 aliphatic heterocycles. The first-order chi connectivity index (χ1) is 7.49. The van der Waals surface area contributed by atoms with E-state index in [1.807, 2.05) is 0 Å². The highest BCUT2D eigenvalue weighted by Crippen LogP contribution is 2.21. The zero-order valence-corrected chi connectivity index (χ0v) is 10.8. The van der Waals surface area contributed by atoms with Crippen LogP contribution in [-0.4, -0.2) is 67.8 Å². The van der Waals surface area contributed by atoms with Crippen LogP contribution in [0.2, 0.25) is 0 Å². The van der Waals surface area contributed by atoms with Gasteiger partial charge in [0.05, 0.1) is 13.2 Å². The number of hydrogen-bond acceptors (Lipinski definition) is 4. The van der Waals surface area contributed by atoms with Crippen molar-refractivity contribution < 1.29 is 4.74 Å².